The van der Waals surface area contributed by atoms with Gasteiger partial charge < -0.3 is 10.1 Å². The molecule has 1 rings (SSSR count). The highest BCUT2D eigenvalue weighted by Gasteiger charge is 2.20. The van der Waals surface area contributed by atoms with Crippen molar-refractivity contribution in [2.24, 2.45) is 0 Å². The number of nitrogens with one attached hydrogen (secondary N) is 1. The summed E-state index contributed by atoms with van der Waals surface area (Å²) in [5, 5.41) is 2.60. The van der Waals surface area contributed by atoms with E-state index < -0.39 is 12.0 Å². The van der Waals surface area contributed by atoms with E-state index in [1.165, 1.54) is 25.2 Å². The standard InChI is InChI=1S/C14H19NO3/c1-9-5-6-12(7-10(9)2)8-13(14(17)18-4)15-11(3)16/h5-7,13H,8H2,1-4H3,(H,15,16)/t13-/m1/s1. The molecule has 0 heterocycles. The molecule has 0 fully saturated rings. The highest BCUT2D eigenvalue weighted by molar-refractivity contribution is 5.83. The molecule has 18 heavy (non-hydrogen) atoms. The van der Waals surface area contributed by atoms with E-state index in [0.29, 0.717) is 6.42 Å². The summed E-state index contributed by atoms with van der Waals surface area (Å²) in [7, 11) is 1.32. The van der Waals surface area contributed by atoms with Crippen molar-refractivity contribution in [3.05, 3.63) is 34.9 Å². The summed E-state index contributed by atoms with van der Waals surface area (Å²) in [5.41, 5.74) is 3.37. The number of methoxy groups -OCH3 is 1. The van der Waals surface area contributed by atoms with Crippen molar-refractivity contribution in [3.8, 4) is 0 Å². The average Bonchev–Trinajstić information content (AvgIpc) is 2.31. The molecule has 0 bridgehead atoms. The molecule has 1 amide bonds. The van der Waals surface area contributed by atoms with Crippen LogP contribution in [0, 0.1) is 13.8 Å². The summed E-state index contributed by atoms with van der Waals surface area (Å²) >= 11 is 0. The molecule has 1 atom stereocenters. The minimum atomic E-state index is -0.630. The Hall–Kier alpha value is -1.84. The van der Waals surface area contributed by atoms with E-state index in [1.807, 2.05) is 32.0 Å². The molecule has 1 aromatic rings. The Morgan fingerprint density at radius 1 is 1.28 bits per heavy atom. The minimum absolute atomic E-state index is 0.241. The predicted octanol–water partition coefficient (Wildman–Crippen LogP) is 1.52. The van der Waals surface area contributed by atoms with E-state index >= 15 is 0 Å². The van der Waals surface area contributed by atoms with E-state index in [9.17, 15) is 9.59 Å². The zero-order valence-electron chi connectivity index (χ0n) is 11.2. The van der Waals surface area contributed by atoms with Crippen LogP contribution in [0.2, 0.25) is 0 Å². The molecule has 0 aliphatic heterocycles. The molecular formula is C14H19NO3. The van der Waals surface area contributed by atoms with Crippen LogP contribution in [-0.2, 0) is 20.7 Å². The van der Waals surface area contributed by atoms with Crippen LogP contribution in [0.25, 0.3) is 0 Å². The lowest BCUT2D eigenvalue weighted by molar-refractivity contribution is -0.144. The van der Waals surface area contributed by atoms with Gasteiger partial charge in [0.15, 0.2) is 0 Å². The van der Waals surface area contributed by atoms with Gasteiger partial charge in [-0.15, -0.1) is 0 Å². The molecule has 0 aromatic heterocycles. The van der Waals surface area contributed by atoms with Crippen molar-refractivity contribution in [1.29, 1.82) is 0 Å². The van der Waals surface area contributed by atoms with Crippen LogP contribution in [0.15, 0.2) is 18.2 Å². The zero-order chi connectivity index (χ0) is 13.7. The highest BCUT2D eigenvalue weighted by atomic mass is 16.5. The van der Waals surface area contributed by atoms with Gasteiger partial charge in [-0.3, -0.25) is 4.79 Å². The minimum Gasteiger partial charge on any atom is -0.467 e. The fourth-order valence-electron chi connectivity index (χ4n) is 1.75. The zero-order valence-corrected chi connectivity index (χ0v) is 11.2. The number of ether oxygens (including phenoxy) is 1. The fraction of sp³-hybridized carbons (Fsp3) is 0.429. The van der Waals surface area contributed by atoms with Gasteiger partial charge in [0.1, 0.15) is 6.04 Å². The van der Waals surface area contributed by atoms with Crippen molar-refractivity contribution < 1.29 is 14.3 Å². The van der Waals surface area contributed by atoms with Crippen LogP contribution in [0.5, 0.6) is 0 Å². The largest absolute Gasteiger partial charge is 0.467 e. The van der Waals surface area contributed by atoms with E-state index in [1.54, 1.807) is 0 Å². The Bertz CT molecular complexity index is 454. The number of esters is 1. The Labute approximate surface area is 107 Å². The Morgan fingerprint density at radius 3 is 2.44 bits per heavy atom. The van der Waals surface area contributed by atoms with Crippen molar-refractivity contribution in [2.75, 3.05) is 7.11 Å². The number of aryl methyl sites for hydroxylation is 2. The number of benzene rings is 1. The quantitative estimate of drug-likeness (QED) is 0.823. The molecule has 1 N–H and O–H groups in total. The number of carbonyl (C=O) groups is 2. The normalized spacial score (nSPS) is 11.8. The molecule has 4 heteroatoms. The third-order valence-corrected chi connectivity index (χ3v) is 2.87. The number of amides is 1. The molecule has 98 valence electrons. The molecule has 0 saturated heterocycles. The van der Waals surface area contributed by atoms with Crippen LogP contribution < -0.4 is 5.32 Å². The van der Waals surface area contributed by atoms with Crippen LogP contribution in [0.3, 0.4) is 0 Å². The topological polar surface area (TPSA) is 55.4 Å². The summed E-state index contributed by atoms with van der Waals surface area (Å²) in [6, 6.07) is 5.36. The molecule has 0 spiro atoms. The van der Waals surface area contributed by atoms with Gasteiger partial charge >= 0.3 is 5.97 Å². The van der Waals surface area contributed by atoms with Gasteiger partial charge in [-0.05, 0) is 30.5 Å². The second kappa shape index (κ2) is 6.19. The number of hydrogen-bond donors (Lipinski definition) is 1. The molecule has 1 aromatic carbocycles. The lowest BCUT2D eigenvalue weighted by Crippen LogP contribution is -2.42. The van der Waals surface area contributed by atoms with Gasteiger partial charge in [0.2, 0.25) is 5.91 Å². The summed E-state index contributed by atoms with van der Waals surface area (Å²) in [5.74, 6) is -0.669. The molecular weight excluding hydrogens is 230 g/mol. The third-order valence-electron chi connectivity index (χ3n) is 2.87. The molecule has 4 nitrogen and oxygen atoms in total. The maximum atomic E-state index is 11.6. The first-order chi connectivity index (χ1) is 8.43. The van der Waals surface area contributed by atoms with Gasteiger partial charge in [-0.25, -0.2) is 4.79 Å². The molecule has 0 saturated carbocycles. The van der Waals surface area contributed by atoms with Gasteiger partial charge in [0, 0.05) is 13.3 Å². The second-order valence-corrected chi connectivity index (χ2v) is 4.40. The van der Waals surface area contributed by atoms with Crippen LogP contribution in [0.1, 0.15) is 23.6 Å². The maximum absolute atomic E-state index is 11.6. The van der Waals surface area contributed by atoms with Crippen molar-refractivity contribution in [3.63, 3.8) is 0 Å². The van der Waals surface area contributed by atoms with E-state index in [4.69, 9.17) is 0 Å². The first kappa shape index (κ1) is 14.2. The third kappa shape index (κ3) is 3.87. The second-order valence-electron chi connectivity index (χ2n) is 4.40. The van der Waals surface area contributed by atoms with Gasteiger partial charge in [-0.2, -0.15) is 0 Å². The van der Waals surface area contributed by atoms with Crippen molar-refractivity contribution >= 4 is 11.9 Å². The molecule has 0 unspecified atom stereocenters. The van der Waals surface area contributed by atoms with Gasteiger partial charge in [-0.1, -0.05) is 18.2 Å². The molecule has 0 radical (unpaired) electrons. The summed E-state index contributed by atoms with van der Waals surface area (Å²) in [6.45, 7) is 5.44. The average molecular weight is 249 g/mol. The summed E-state index contributed by atoms with van der Waals surface area (Å²) < 4.78 is 4.69. The van der Waals surface area contributed by atoms with Crippen molar-refractivity contribution in [1.82, 2.24) is 5.32 Å². The molecule has 0 aliphatic carbocycles. The number of carbonyl (C=O) groups excluding carboxylic acids is 2. The van der Waals surface area contributed by atoms with E-state index in [2.05, 4.69) is 10.1 Å². The Balaban J connectivity index is 2.85. The van der Waals surface area contributed by atoms with Crippen LogP contribution in [-0.4, -0.2) is 25.0 Å². The summed E-state index contributed by atoms with van der Waals surface area (Å²) in [6.07, 6.45) is 0.438. The lowest BCUT2D eigenvalue weighted by Gasteiger charge is -2.16. The highest BCUT2D eigenvalue weighted by Crippen LogP contribution is 2.12. The van der Waals surface area contributed by atoms with Crippen LogP contribution >= 0.6 is 0 Å². The smallest absolute Gasteiger partial charge is 0.328 e. The first-order valence-electron chi connectivity index (χ1n) is 5.85. The Morgan fingerprint density at radius 2 is 1.94 bits per heavy atom. The SMILES string of the molecule is COC(=O)[C@@H](Cc1ccc(C)c(C)c1)NC(C)=O. The van der Waals surface area contributed by atoms with E-state index in [0.717, 1.165) is 5.56 Å². The monoisotopic (exact) mass is 249 g/mol. The number of hydrogen-bond acceptors (Lipinski definition) is 3. The number of rotatable bonds is 4. The molecule has 0 aliphatic rings. The summed E-state index contributed by atoms with van der Waals surface area (Å²) in [4.78, 5) is 22.6. The first-order valence-corrected chi connectivity index (χ1v) is 5.85. The Kier molecular flexibility index (Phi) is 4.89. The van der Waals surface area contributed by atoms with Crippen LogP contribution in [0.4, 0.5) is 0 Å². The van der Waals surface area contributed by atoms with Gasteiger partial charge in [0.25, 0.3) is 0 Å². The lowest BCUT2D eigenvalue weighted by atomic mass is 10.0. The maximum Gasteiger partial charge on any atom is 0.328 e. The predicted molar refractivity (Wildman–Crippen MR) is 69.2 cm³/mol. The van der Waals surface area contributed by atoms with E-state index in [-0.39, 0.29) is 5.91 Å². The van der Waals surface area contributed by atoms with Gasteiger partial charge in [0.05, 0.1) is 7.11 Å². The van der Waals surface area contributed by atoms with Crippen molar-refractivity contribution in [2.45, 2.75) is 33.2 Å². The fourth-order valence-corrected chi connectivity index (χ4v) is 1.75.